The fourth-order valence-electron chi connectivity index (χ4n) is 6.13. The fraction of sp³-hybridized carbons (Fsp3) is 0.704. The molecule has 31 heavy (non-hydrogen) atoms. The van der Waals surface area contributed by atoms with Gasteiger partial charge in [0.25, 0.3) is 0 Å². The first-order chi connectivity index (χ1) is 14.3. The van der Waals surface area contributed by atoms with Crippen molar-refractivity contribution in [2.24, 2.45) is 34.3 Å². The van der Waals surface area contributed by atoms with Crippen molar-refractivity contribution in [2.45, 2.75) is 78.4 Å². The molecule has 3 fully saturated rings. The van der Waals surface area contributed by atoms with Gasteiger partial charge in [0.2, 0.25) is 0 Å². The first kappa shape index (κ1) is 24.0. The summed E-state index contributed by atoms with van der Waals surface area (Å²) in [5.74, 6) is 2.03. The van der Waals surface area contributed by atoms with E-state index in [1.165, 1.54) is 25.0 Å². The lowest BCUT2D eigenvalue weighted by Crippen LogP contribution is -2.50. The summed E-state index contributed by atoms with van der Waals surface area (Å²) in [5.41, 5.74) is 10.2. The van der Waals surface area contributed by atoms with Crippen molar-refractivity contribution in [3.05, 3.63) is 49.0 Å². The molecule has 0 aromatic heterocycles. The average Bonchev–Trinajstić information content (AvgIpc) is 2.98. The van der Waals surface area contributed by atoms with Crippen molar-refractivity contribution in [3.63, 3.8) is 0 Å². The van der Waals surface area contributed by atoms with Gasteiger partial charge < -0.3 is 21.3 Å². The van der Waals surface area contributed by atoms with E-state index in [2.05, 4.69) is 76.5 Å². The second-order valence-corrected chi connectivity index (χ2v) is 11.9. The van der Waals surface area contributed by atoms with Crippen molar-refractivity contribution in [1.82, 2.24) is 15.5 Å². The number of likely N-dealkylation sites (N-methyl/N-ethyl adjacent to an activating group) is 1. The van der Waals surface area contributed by atoms with Gasteiger partial charge in [0.15, 0.2) is 0 Å². The number of hydrogen-bond donors (Lipinski definition) is 3. The molecule has 3 aliphatic rings. The van der Waals surface area contributed by atoms with Crippen LogP contribution in [-0.4, -0.2) is 36.6 Å². The molecule has 5 atom stereocenters. The van der Waals surface area contributed by atoms with Crippen LogP contribution in [0.25, 0.3) is 0 Å². The van der Waals surface area contributed by atoms with Gasteiger partial charge in [-0.1, -0.05) is 80.2 Å². The molecular weight excluding hydrogens is 380 g/mol. The van der Waals surface area contributed by atoms with Gasteiger partial charge in [0.05, 0.1) is 18.1 Å². The van der Waals surface area contributed by atoms with Crippen molar-refractivity contribution in [3.8, 4) is 0 Å². The van der Waals surface area contributed by atoms with E-state index in [4.69, 9.17) is 5.73 Å². The molecule has 2 saturated carbocycles. The molecule has 4 heteroatoms. The van der Waals surface area contributed by atoms with Crippen LogP contribution in [0, 0.1) is 28.6 Å². The first-order valence-corrected chi connectivity index (χ1v) is 12.0. The molecule has 2 aliphatic carbocycles. The number of fused-ring (bicyclic) bond motifs is 1. The largest absolute Gasteiger partial charge is 0.399 e. The van der Waals surface area contributed by atoms with Gasteiger partial charge in [-0.2, -0.15) is 0 Å². The number of piperidine rings is 1. The summed E-state index contributed by atoms with van der Waals surface area (Å²) in [6.07, 6.45) is 4.99. The third-order valence-electron chi connectivity index (χ3n) is 8.41. The van der Waals surface area contributed by atoms with Gasteiger partial charge >= 0.3 is 0 Å². The number of likely N-dealkylation sites (tertiary alicyclic amines) is 1. The molecule has 0 radical (unpaired) electrons. The quantitative estimate of drug-likeness (QED) is 0.440. The molecule has 174 valence electrons. The van der Waals surface area contributed by atoms with Gasteiger partial charge in [-0.15, -0.1) is 0 Å². The summed E-state index contributed by atoms with van der Waals surface area (Å²) in [7, 11) is 2.04. The number of nitrogens with zero attached hydrogens (tertiary/aromatic N) is 1. The maximum absolute atomic E-state index is 6.06. The second kappa shape index (κ2) is 8.35. The number of nitrogens with one attached hydrogen (secondary N) is 2. The summed E-state index contributed by atoms with van der Waals surface area (Å²) >= 11 is 0. The molecule has 1 heterocycles. The molecule has 0 aromatic rings. The minimum atomic E-state index is 0.0891. The summed E-state index contributed by atoms with van der Waals surface area (Å²) < 4.78 is 0. The van der Waals surface area contributed by atoms with E-state index in [1.54, 1.807) is 0 Å². The zero-order valence-electron chi connectivity index (χ0n) is 20.9. The Morgan fingerprint density at radius 1 is 1.16 bits per heavy atom. The third-order valence-corrected chi connectivity index (χ3v) is 8.41. The minimum Gasteiger partial charge on any atom is -0.399 e. The van der Waals surface area contributed by atoms with Crippen LogP contribution in [0.15, 0.2) is 49.0 Å². The highest BCUT2D eigenvalue weighted by atomic mass is 15.3. The Morgan fingerprint density at radius 2 is 1.77 bits per heavy atom. The predicted molar refractivity (Wildman–Crippen MR) is 133 cm³/mol. The van der Waals surface area contributed by atoms with E-state index in [1.807, 2.05) is 7.05 Å². The fourth-order valence-corrected chi connectivity index (χ4v) is 6.13. The Bertz CT molecular complexity index is 752. The van der Waals surface area contributed by atoms with E-state index in [9.17, 15) is 0 Å². The smallest absolute Gasteiger partial charge is 0.0716 e. The van der Waals surface area contributed by atoms with Crippen molar-refractivity contribution in [1.29, 1.82) is 0 Å². The van der Waals surface area contributed by atoms with E-state index < -0.39 is 0 Å². The standard InChI is InChI=1S/C27H46N4/c1-16(17(2)28)22(14-20-12-11-13-20)30-18(3)24-23-21(27(23,8)9)15-31(24)19(4)25(29-10)26(5,6)7/h20-25,29-30H,1-4,11-15,28H2,5-10H3/t21-,22?,23-,24?,25?/m0/s1. The summed E-state index contributed by atoms with van der Waals surface area (Å²) in [6, 6.07) is 0.565. The molecule has 4 N–H and O–H groups in total. The predicted octanol–water partition coefficient (Wildman–Crippen LogP) is 4.78. The normalized spacial score (nSPS) is 28.8. The number of rotatable bonds is 10. The zero-order valence-corrected chi connectivity index (χ0v) is 20.9. The van der Waals surface area contributed by atoms with Crippen molar-refractivity contribution >= 4 is 0 Å². The van der Waals surface area contributed by atoms with Crippen LogP contribution in [0.4, 0.5) is 0 Å². The molecule has 1 aliphatic heterocycles. The molecule has 0 spiro atoms. The van der Waals surface area contributed by atoms with Gasteiger partial charge in [-0.05, 0) is 47.6 Å². The molecule has 4 nitrogen and oxygen atoms in total. The van der Waals surface area contributed by atoms with E-state index in [0.717, 1.165) is 30.2 Å². The third kappa shape index (κ3) is 4.46. The number of nitrogens with two attached hydrogens (primary N) is 1. The molecule has 0 amide bonds. The highest BCUT2D eigenvalue weighted by Crippen LogP contribution is 2.66. The van der Waals surface area contributed by atoms with Gasteiger partial charge in [0.1, 0.15) is 0 Å². The van der Waals surface area contributed by atoms with Crippen LogP contribution in [0.2, 0.25) is 0 Å². The highest BCUT2D eigenvalue weighted by Gasteiger charge is 2.67. The lowest BCUT2D eigenvalue weighted by atomic mass is 9.79. The molecule has 1 saturated heterocycles. The van der Waals surface area contributed by atoms with Crippen LogP contribution in [-0.2, 0) is 0 Å². The zero-order chi connectivity index (χ0) is 23.3. The summed E-state index contributed by atoms with van der Waals surface area (Å²) in [5, 5.41) is 7.29. The Balaban J connectivity index is 1.81. The van der Waals surface area contributed by atoms with Crippen molar-refractivity contribution in [2.75, 3.05) is 13.6 Å². The van der Waals surface area contributed by atoms with Crippen LogP contribution in [0.5, 0.6) is 0 Å². The van der Waals surface area contributed by atoms with Crippen LogP contribution < -0.4 is 16.4 Å². The lowest BCUT2D eigenvalue weighted by Gasteiger charge is -2.43. The highest BCUT2D eigenvalue weighted by molar-refractivity contribution is 5.33. The Hall–Kier alpha value is -1.68. The molecule has 3 rings (SSSR count). The maximum Gasteiger partial charge on any atom is 0.0716 e. The molecule has 3 unspecified atom stereocenters. The van der Waals surface area contributed by atoms with E-state index in [-0.39, 0.29) is 23.5 Å². The summed E-state index contributed by atoms with van der Waals surface area (Å²) in [6.45, 7) is 30.0. The maximum atomic E-state index is 6.06. The molecule has 0 aromatic carbocycles. The van der Waals surface area contributed by atoms with Gasteiger partial charge in [-0.3, -0.25) is 0 Å². The lowest BCUT2D eigenvalue weighted by molar-refractivity contribution is 0.193. The van der Waals surface area contributed by atoms with Gasteiger partial charge in [-0.25, -0.2) is 0 Å². The molecular formula is C27H46N4. The topological polar surface area (TPSA) is 53.3 Å². The Kier molecular flexibility index (Phi) is 6.46. The average molecular weight is 427 g/mol. The van der Waals surface area contributed by atoms with E-state index >= 15 is 0 Å². The Labute approximate surface area is 191 Å². The van der Waals surface area contributed by atoms with Gasteiger partial charge in [0, 0.05) is 23.6 Å². The Morgan fingerprint density at radius 3 is 2.23 bits per heavy atom. The van der Waals surface area contributed by atoms with Crippen LogP contribution >= 0.6 is 0 Å². The monoisotopic (exact) mass is 426 g/mol. The molecule has 0 bridgehead atoms. The van der Waals surface area contributed by atoms with Crippen LogP contribution in [0.3, 0.4) is 0 Å². The SMILES string of the molecule is C=C(N)C(=C)C(CC1CCC1)NC(=C)C1[C@@H]2[C@H](CN1C(=C)C(NC)C(C)(C)C)C2(C)C. The first-order valence-electron chi connectivity index (χ1n) is 12.0. The summed E-state index contributed by atoms with van der Waals surface area (Å²) in [4.78, 5) is 2.52. The second-order valence-electron chi connectivity index (χ2n) is 11.9. The number of hydrogen-bond acceptors (Lipinski definition) is 4. The van der Waals surface area contributed by atoms with E-state index in [0.29, 0.717) is 22.9 Å². The van der Waals surface area contributed by atoms with Crippen molar-refractivity contribution < 1.29 is 0 Å². The minimum absolute atomic E-state index is 0.0891. The van der Waals surface area contributed by atoms with Crippen LogP contribution in [0.1, 0.15) is 60.3 Å².